The number of hydrogen-bond donors (Lipinski definition) is 1. The molecule has 0 saturated heterocycles. The summed E-state index contributed by atoms with van der Waals surface area (Å²) >= 11 is 5.39. The third-order valence-electron chi connectivity index (χ3n) is 2.51. The summed E-state index contributed by atoms with van der Waals surface area (Å²) in [5.41, 5.74) is 1.17. The summed E-state index contributed by atoms with van der Waals surface area (Å²) in [6, 6.07) is 6.14. The molecule has 0 bridgehead atoms. The molecule has 5 heteroatoms. The molecule has 1 rings (SSSR count). The number of methoxy groups -OCH3 is 1. The van der Waals surface area contributed by atoms with Gasteiger partial charge in [0.2, 0.25) is 0 Å². The highest BCUT2D eigenvalue weighted by molar-refractivity contribution is 9.10. The van der Waals surface area contributed by atoms with E-state index < -0.39 is 0 Å². The van der Waals surface area contributed by atoms with E-state index in [0.29, 0.717) is 0 Å². The van der Waals surface area contributed by atoms with Crippen LogP contribution >= 0.6 is 27.7 Å². The van der Waals surface area contributed by atoms with Crippen LogP contribution in [-0.2, 0) is 11.3 Å². The molecular formula is C14H22BrNO2S. The van der Waals surface area contributed by atoms with E-state index in [-0.39, 0.29) is 0 Å². The highest BCUT2D eigenvalue weighted by Crippen LogP contribution is 2.23. The van der Waals surface area contributed by atoms with Gasteiger partial charge in [0.05, 0.1) is 13.2 Å². The van der Waals surface area contributed by atoms with Crippen LogP contribution in [0.25, 0.3) is 0 Å². The van der Waals surface area contributed by atoms with E-state index in [0.717, 1.165) is 48.0 Å². The average Bonchev–Trinajstić information content (AvgIpc) is 2.41. The molecule has 0 atom stereocenters. The molecule has 1 aromatic carbocycles. The molecule has 1 N–H and O–H groups in total. The Labute approximate surface area is 128 Å². The summed E-state index contributed by atoms with van der Waals surface area (Å²) in [5, 5.41) is 3.34. The van der Waals surface area contributed by atoms with Crippen LogP contribution in [-0.4, -0.2) is 38.4 Å². The second-order valence-electron chi connectivity index (χ2n) is 3.97. The smallest absolute Gasteiger partial charge is 0.123 e. The van der Waals surface area contributed by atoms with Crippen LogP contribution < -0.4 is 10.1 Å². The molecule has 0 saturated carbocycles. The van der Waals surface area contributed by atoms with Crippen LogP contribution in [0.4, 0.5) is 0 Å². The molecule has 0 fully saturated rings. The van der Waals surface area contributed by atoms with Crippen molar-refractivity contribution in [1.82, 2.24) is 5.32 Å². The molecule has 0 heterocycles. The molecule has 0 radical (unpaired) electrons. The molecular weight excluding hydrogens is 326 g/mol. The Kier molecular flexibility index (Phi) is 9.34. The fraction of sp³-hybridized carbons (Fsp3) is 0.571. The van der Waals surface area contributed by atoms with E-state index in [1.54, 1.807) is 7.11 Å². The lowest BCUT2D eigenvalue weighted by atomic mass is 10.2. The number of hydrogen-bond acceptors (Lipinski definition) is 4. The predicted molar refractivity (Wildman–Crippen MR) is 86.2 cm³/mol. The van der Waals surface area contributed by atoms with E-state index in [9.17, 15) is 0 Å². The zero-order chi connectivity index (χ0) is 13.9. The number of nitrogens with one attached hydrogen (secondary N) is 1. The van der Waals surface area contributed by atoms with E-state index in [2.05, 4.69) is 34.2 Å². The van der Waals surface area contributed by atoms with E-state index in [4.69, 9.17) is 9.47 Å². The number of halogens is 1. The van der Waals surface area contributed by atoms with Crippen molar-refractivity contribution >= 4 is 27.7 Å². The van der Waals surface area contributed by atoms with Gasteiger partial charge in [-0.2, -0.15) is 11.8 Å². The molecule has 3 nitrogen and oxygen atoms in total. The maximum atomic E-state index is 5.84. The highest BCUT2D eigenvalue weighted by Gasteiger charge is 2.04. The summed E-state index contributed by atoms with van der Waals surface area (Å²) in [4.78, 5) is 0. The van der Waals surface area contributed by atoms with Crippen molar-refractivity contribution < 1.29 is 9.47 Å². The van der Waals surface area contributed by atoms with E-state index in [1.165, 1.54) is 5.56 Å². The predicted octanol–water partition coefficient (Wildman–Crippen LogP) is 3.32. The summed E-state index contributed by atoms with van der Waals surface area (Å²) in [6.45, 7) is 5.27. The maximum Gasteiger partial charge on any atom is 0.123 e. The average molecular weight is 348 g/mol. The number of rotatable bonds is 10. The molecule has 0 aliphatic rings. The maximum absolute atomic E-state index is 5.84. The first-order valence-electron chi connectivity index (χ1n) is 6.46. The monoisotopic (exact) mass is 347 g/mol. The van der Waals surface area contributed by atoms with Crippen LogP contribution in [0.2, 0.25) is 0 Å². The van der Waals surface area contributed by atoms with Gasteiger partial charge in [-0.1, -0.05) is 22.9 Å². The van der Waals surface area contributed by atoms with Gasteiger partial charge in [-0.3, -0.25) is 0 Å². The Morgan fingerprint density at radius 1 is 1.32 bits per heavy atom. The molecule has 108 valence electrons. The van der Waals surface area contributed by atoms with Crippen molar-refractivity contribution in [3.63, 3.8) is 0 Å². The summed E-state index contributed by atoms with van der Waals surface area (Å²) in [7, 11) is 1.71. The van der Waals surface area contributed by atoms with E-state index in [1.807, 2.05) is 23.9 Å². The van der Waals surface area contributed by atoms with Crippen LogP contribution in [0, 0.1) is 0 Å². The topological polar surface area (TPSA) is 30.5 Å². The zero-order valence-corrected chi connectivity index (χ0v) is 14.0. The van der Waals surface area contributed by atoms with Gasteiger partial charge in [0, 0.05) is 36.0 Å². The molecule has 0 aromatic heterocycles. The molecule has 0 spiro atoms. The van der Waals surface area contributed by atoms with Crippen molar-refractivity contribution in [2.45, 2.75) is 13.5 Å². The minimum Gasteiger partial charge on any atom is -0.492 e. The molecule has 0 unspecified atom stereocenters. The fourth-order valence-electron chi connectivity index (χ4n) is 1.58. The first-order valence-corrected chi connectivity index (χ1v) is 8.41. The van der Waals surface area contributed by atoms with Crippen LogP contribution in [0.1, 0.15) is 12.5 Å². The van der Waals surface area contributed by atoms with Gasteiger partial charge in [0.1, 0.15) is 5.75 Å². The minimum absolute atomic E-state index is 0.720. The molecule has 0 aliphatic carbocycles. The van der Waals surface area contributed by atoms with Crippen molar-refractivity contribution in [3.05, 3.63) is 28.2 Å². The van der Waals surface area contributed by atoms with Gasteiger partial charge in [0.25, 0.3) is 0 Å². The quantitative estimate of drug-likeness (QED) is 0.657. The van der Waals surface area contributed by atoms with Gasteiger partial charge in [0.15, 0.2) is 0 Å². The normalized spacial score (nSPS) is 10.7. The van der Waals surface area contributed by atoms with Gasteiger partial charge in [-0.15, -0.1) is 0 Å². The van der Waals surface area contributed by atoms with Gasteiger partial charge in [-0.05, 0) is 24.0 Å². The Morgan fingerprint density at radius 3 is 2.89 bits per heavy atom. The lowest BCUT2D eigenvalue weighted by Crippen LogP contribution is -2.19. The Hall–Kier alpha value is -0.230. The second kappa shape index (κ2) is 10.5. The van der Waals surface area contributed by atoms with Gasteiger partial charge in [-0.25, -0.2) is 0 Å². The number of benzene rings is 1. The lowest BCUT2D eigenvalue weighted by Gasteiger charge is -2.12. The molecule has 0 aliphatic heterocycles. The standard InChI is InChI=1S/C14H22BrNO2S/c1-3-19-9-8-18-14-5-4-13(15)10-12(14)11-16-6-7-17-2/h4-5,10,16H,3,6-9,11H2,1-2H3. The Morgan fingerprint density at radius 2 is 2.16 bits per heavy atom. The number of thioether (sulfide) groups is 1. The highest BCUT2D eigenvalue weighted by atomic mass is 79.9. The third-order valence-corrected chi connectivity index (χ3v) is 3.87. The van der Waals surface area contributed by atoms with Crippen LogP contribution in [0.3, 0.4) is 0 Å². The van der Waals surface area contributed by atoms with Crippen LogP contribution in [0.15, 0.2) is 22.7 Å². The van der Waals surface area contributed by atoms with E-state index >= 15 is 0 Å². The minimum atomic E-state index is 0.720. The fourth-order valence-corrected chi connectivity index (χ4v) is 2.48. The third kappa shape index (κ3) is 7.20. The molecule has 0 amide bonds. The van der Waals surface area contributed by atoms with Crippen molar-refractivity contribution in [3.8, 4) is 5.75 Å². The SMILES string of the molecule is CCSCCOc1ccc(Br)cc1CNCCOC. The second-order valence-corrected chi connectivity index (χ2v) is 6.28. The number of ether oxygens (including phenoxy) is 2. The van der Waals surface area contributed by atoms with Crippen molar-refractivity contribution in [2.24, 2.45) is 0 Å². The largest absolute Gasteiger partial charge is 0.492 e. The summed E-state index contributed by atoms with van der Waals surface area (Å²) in [5.74, 6) is 3.13. The van der Waals surface area contributed by atoms with Gasteiger partial charge >= 0.3 is 0 Å². The Balaban J connectivity index is 2.48. The van der Waals surface area contributed by atoms with Crippen LogP contribution in [0.5, 0.6) is 5.75 Å². The lowest BCUT2D eigenvalue weighted by molar-refractivity contribution is 0.199. The summed E-state index contributed by atoms with van der Waals surface area (Å²) in [6.07, 6.45) is 0. The first-order chi connectivity index (χ1) is 9.27. The molecule has 19 heavy (non-hydrogen) atoms. The van der Waals surface area contributed by atoms with Crippen molar-refractivity contribution in [2.75, 3.05) is 38.4 Å². The first kappa shape index (κ1) is 16.8. The molecule has 1 aromatic rings. The van der Waals surface area contributed by atoms with Crippen molar-refractivity contribution in [1.29, 1.82) is 0 Å². The zero-order valence-electron chi connectivity index (χ0n) is 11.6. The van der Waals surface area contributed by atoms with Gasteiger partial charge < -0.3 is 14.8 Å². The Bertz CT molecular complexity index is 363. The summed E-state index contributed by atoms with van der Waals surface area (Å²) < 4.78 is 11.9.